The van der Waals surface area contributed by atoms with Crippen molar-refractivity contribution in [1.82, 2.24) is 14.8 Å². The molecule has 2 heterocycles. The summed E-state index contributed by atoms with van der Waals surface area (Å²) >= 11 is 1.43. The van der Waals surface area contributed by atoms with E-state index in [1.165, 1.54) is 11.3 Å². The van der Waals surface area contributed by atoms with Crippen molar-refractivity contribution in [2.75, 3.05) is 32.1 Å². The molecule has 2 atom stereocenters. The first kappa shape index (κ1) is 25.6. The molecule has 7 nitrogen and oxygen atoms in total. The number of para-hydroxylation sites is 1. The summed E-state index contributed by atoms with van der Waals surface area (Å²) in [5, 5.41) is 5.62. The van der Waals surface area contributed by atoms with Crippen LogP contribution in [0, 0.1) is 10.8 Å². The van der Waals surface area contributed by atoms with E-state index in [-0.39, 0.29) is 28.8 Å². The van der Waals surface area contributed by atoms with Crippen molar-refractivity contribution in [1.29, 1.82) is 0 Å². The average Bonchev–Trinajstić information content (AvgIpc) is 3.37. The van der Waals surface area contributed by atoms with Crippen molar-refractivity contribution >= 4 is 29.0 Å². The topological polar surface area (TPSA) is 74.8 Å². The zero-order chi connectivity index (χ0) is 25.2. The van der Waals surface area contributed by atoms with Crippen molar-refractivity contribution in [3.8, 4) is 0 Å². The van der Waals surface area contributed by atoms with E-state index in [4.69, 9.17) is 4.74 Å². The number of hydrogen-bond donors (Lipinski definition) is 1. The van der Waals surface area contributed by atoms with Gasteiger partial charge in [0.25, 0.3) is 5.91 Å². The number of urea groups is 1. The largest absolute Gasteiger partial charge is 0.383 e. The zero-order valence-corrected chi connectivity index (χ0v) is 22.4. The fourth-order valence-corrected chi connectivity index (χ4v) is 6.87. The Morgan fingerprint density at radius 3 is 2.77 bits per heavy atom. The molecule has 3 amide bonds. The number of carbonyl (C=O) groups is 2. The predicted octanol–water partition coefficient (Wildman–Crippen LogP) is 5.43. The summed E-state index contributed by atoms with van der Waals surface area (Å²) in [5.41, 5.74) is 2.83. The highest BCUT2D eigenvalue weighted by atomic mass is 32.1. The van der Waals surface area contributed by atoms with Crippen LogP contribution in [-0.2, 0) is 17.7 Å². The molecule has 35 heavy (non-hydrogen) atoms. The van der Waals surface area contributed by atoms with Gasteiger partial charge in [0.05, 0.1) is 13.2 Å². The van der Waals surface area contributed by atoms with Crippen molar-refractivity contribution in [3.05, 3.63) is 45.9 Å². The van der Waals surface area contributed by atoms with Crippen LogP contribution < -0.4 is 5.32 Å². The molecular weight excluding hydrogens is 460 g/mol. The first-order valence-corrected chi connectivity index (χ1v) is 13.4. The molecule has 2 unspecified atom stereocenters. The Kier molecular flexibility index (Phi) is 7.52. The number of methoxy groups -OCH3 is 1. The van der Waals surface area contributed by atoms with E-state index in [0.29, 0.717) is 25.4 Å². The van der Waals surface area contributed by atoms with E-state index in [2.05, 4.69) is 38.0 Å². The molecule has 1 saturated carbocycles. The Morgan fingerprint density at radius 1 is 1.26 bits per heavy atom. The summed E-state index contributed by atoms with van der Waals surface area (Å²) in [6, 6.07) is 7.91. The molecule has 1 saturated heterocycles. The highest BCUT2D eigenvalue weighted by Crippen LogP contribution is 2.52. The molecule has 190 valence electrons. The van der Waals surface area contributed by atoms with Gasteiger partial charge < -0.3 is 19.9 Å². The molecule has 2 aliphatic rings. The summed E-state index contributed by atoms with van der Waals surface area (Å²) in [4.78, 5) is 34.9. The lowest BCUT2D eigenvalue weighted by atomic mass is 9.65. The van der Waals surface area contributed by atoms with Gasteiger partial charge in [-0.1, -0.05) is 45.9 Å². The third kappa shape index (κ3) is 5.86. The van der Waals surface area contributed by atoms with Crippen molar-refractivity contribution in [2.45, 2.75) is 66.0 Å². The molecule has 4 rings (SSSR count). The number of benzene rings is 1. The molecule has 1 aliphatic heterocycles. The van der Waals surface area contributed by atoms with Gasteiger partial charge in [0, 0.05) is 37.3 Å². The number of likely N-dealkylation sites (tertiary alicyclic amines) is 1. The highest BCUT2D eigenvalue weighted by molar-refractivity contribution is 7.09. The number of rotatable bonds is 8. The lowest BCUT2D eigenvalue weighted by molar-refractivity contribution is 0.0703. The number of hydrogen-bond acceptors (Lipinski definition) is 5. The minimum absolute atomic E-state index is 0.0173. The predicted molar refractivity (Wildman–Crippen MR) is 140 cm³/mol. The Bertz CT molecular complexity index is 1070. The molecule has 1 N–H and O–H groups in total. The van der Waals surface area contributed by atoms with E-state index in [0.717, 1.165) is 48.5 Å². The maximum absolute atomic E-state index is 13.4. The minimum atomic E-state index is -0.200. The van der Waals surface area contributed by atoms with Gasteiger partial charge in [0.2, 0.25) is 0 Å². The first-order chi connectivity index (χ1) is 16.6. The van der Waals surface area contributed by atoms with Gasteiger partial charge in [-0.05, 0) is 48.1 Å². The van der Waals surface area contributed by atoms with E-state index >= 15 is 0 Å². The third-order valence-electron chi connectivity index (χ3n) is 7.27. The number of aromatic nitrogens is 1. The van der Waals surface area contributed by atoms with Gasteiger partial charge in [0.15, 0.2) is 0 Å². The fraction of sp³-hybridized carbons (Fsp3) is 0.593. The summed E-state index contributed by atoms with van der Waals surface area (Å²) in [6.07, 6.45) is 4.09. The summed E-state index contributed by atoms with van der Waals surface area (Å²) in [6.45, 7) is 11.0. The van der Waals surface area contributed by atoms with Crippen LogP contribution in [0.4, 0.5) is 10.5 Å². The van der Waals surface area contributed by atoms with E-state index < -0.39 is 0 Å². The van der Waals surface area contributed by atoms with Crippen LogP contribution in [0.1, 0.15) is 68.0 Å². The number of amides is 3. The number of fused-ring (bicyclic) bond motifs is 2. The molecule has 8 heteroatoms. The lowest BCUT2D eigenvalue weighted by Gasteiger charge is -2.39. The van der Waals surface area contributed by atoms with Gasteiger partial charge >= 0.3 is 6.03 Å². The molecule has 1 aromatic carbocycles. The monoisotopic (exact) mass is 498 g/mol. The fourth-order valence-electron chi connectivity index (χ4n) is 6.09. The number of carbonyl (C=O) groups excluding carboxylic acids is 2. The van der Waals surface area contributed by atoms with Gasteiger partial charge in [-0.3, -0.25) is 4.79 Å². The van der Waals surface area contributed by atoms with Gasteiger partial charge in [-0.2, -0.15) is 0 Å². The summed E-state index contributed by atoms with van der Waals surface area (Å²) in [7, 11) is 1.62. The SMILES string of the molecule is CCc1ccccc1NC(=O)N(CCOC)Cc1nc(C(=O)N2CC3(C)CC2CC(C)(C)C3)cs1. The molecule has 1 aromatic heterocycles. The summed E-state index contributed by atoms with van der Waals surface area (Å²) in [5.74, 6) is 0.0173. The van der Waals surface area contributed by atoms with Crippen LogP contribution in [0.3, 0.4) is 0 Å². The standard InChI is InChI=1S/C27H38N4O3S/c1-6-19-9-7-8-10-21(19)29-25(33)30(11-12-34-5)15-23-28-22(16-35-23)24(32)31-18-27(4)14-20(31)13-26(2,3)17-27/h7-10,16,20H,6,11-15,17-18H2,1-5H3,(H,29,33). The highest BCUT2D eigenvalue weighted by Gasteiger charge is 2.51. The van der Waals surface area contributed by atoms with Crippen molar-refractivity contribution in [2.24, 2.45) is 10.8 Å². The zero-order valence-electron chi connectivity index (χ0n) is 21.6. The molecule has 1 aliphatic carbocycles. The van der Waals surface area contributed by atoms with Crippen LogP contribution in [0.5, 0.6) is 0 Å². The summed E-state index contributed by atoms with van der Waals surface area (Å²) < 4.78 is 5.23. The van der Waals surface area contributed by atoms with E-state index in [9.17, 15) is 9.59 Å². The van der Waals surface area contributed by atoms with Gasteiger partial charge in [-0.25, -0.2) is 9.78 Å². The number of thiazole rings is 1. The molecule has 2 aromatic rings. The van der Waals surface area contributed by atoms with Gasteiger partial charge in [-0.15, -0.1) is 11.3 Å². The molecule has 0 radical (unpaired) electrons. The molecule has 2 bridgehead atoms. The lowest BCUT2D eigenvalue weighted by Crippen LogP contribution is -2.38. The minimum Gasteiger partial charge on any atom is -0.383 e. The number of nitrogens with zero attached hydrogens (tertiary/aromatic N) is 3. The van der Waals surface area contributed by atoms with E-state index in [1.807, 2.05) is 34.5 Å². The van der Waals surface area contributed by atoms with Crippen LogP contribution >= 0.6 is 11.3 Å². The average molecular weight is 499 g/mol. The number of ether oxygens (including phenoxy) is 1. The maximum Gasteiger partial charge on any atom is 0.322 e. The molecular formula is C27H38N4O3S. The molecule has 2 fully saturated rings. The number of nitrogens with one attached hydrogen (secondary N) is 1. The first-order valence-electron chi connectivity index (χ1n) is 12.5. The van der Waals surface area contributed by atoms with E-state index in [1.54, 1.807) is 12.0 Å². The molecule has 0 spiro atoms. The number of anilines is 1. The second kappa shape index (κ2) is 10.3. The maximum atomic E-state index is 13.4. The Hall–Kier alpha value is -2.45. The third-order valence-corrected chi connectivity index (χ3v) is 8.10. The smallest absolute Gasteiger partial charge is 0.322 e. The van der Waals surface area contributed by atoms with Crippen molar-refractivity contribution < 1.29 is 14.3 Å². The normalized spacial score (nSPS) is 22.8. The Balaban J connectivity index is 1.45. The quantitative estimate of drug-likeness (QED) is 0.527. The van der Waals surface area contributed by atoms with Crippen LogP contribution in [0.15, 0.2) is 29.6 Å². The van der Waals surface area contributed by atoms with Crippen molar-refractivity contribution in [3.63, 3.8) is 0 Å². The van der Waals surface area contributed by atoms with Gasteiger partial charge in [0.1, 0.15) is 10.7 Å². The Morgan fingerprint density at radius 2 is 2.03 bits per heavy atom. The van der Waals surface area contributed by atoms with Crippen LogP contribution in [0.25, 0.3) is 0 Å². The Labute approximate surface area is 212 Å². The second-order valence-electron chi connectivity index (χ2n) is 11.1. The van der Waals surface area contributed by atoms with Crippen LogP contribution in [0.2, 0.25) is 0 Å². The van der Waals surface area contributed by atoms with Crippen LogP contribution in [-0.4, -0.2) is 59.6 Å². The second-order valence-corrected chi connectivity index (χ2v) is 12.1. The number of aryl methyl sites for hydroxylation is 1.